The van der Waals surface area contributed by atoms with E-state index in [-0.39, 0.29) is 29.8 Å². The van der Waals surface area contributed by atoms with Crippen LogP contribution >= 0.6 is 11.3 Å². The third-order valence-electron chi connectivity index (χ3n) is 5.34. The lowest BCUT2D eigenvalue weighted by atomic mass is 10.00. The van der Waals surface area contributed by atoms with E-state index in [1.54, 1.807) is 11.3 Å². The highest BCUT2D eigenvalue weighted by molar-refractivity contribution is 7.08. The summed E-state index contributed by atoms with van der Waals surface area (Å²) in [7, 11) is 0. The van der Waals surface area contributed by atoms with Crippen LogP contribution in [0.3, 0.4) is 0 Å². The summed E-state index contributed by atoms with van der Waals surface area (Å²) in [5.74, 6) is 0.337. The van der Waals surface area contributed by atoms with Crippen LogP contribution in [0.4, 0.5) is 0 Å². The fraction of sp³-hybridized carbons (Fsp3) is 0.474. The Balaban J connectivity index is 1.26. The zero-order valence-electron chi connectivity index (χ0n) is 14.1. The van der Waals surface area contributed by atoms with Gasteiger partial charge in [0.1, 0.15) is 0 Å². The van der Waals surface area contributed by atoms with Gasteiger partial charge in [0.15, 0.2) is 0 Å². The lowest BCUT2D eigenvalue weighted by molar-refractivity contribution is -0.138. The highest BCUT2D eigenvalue weighted by Crippen LogP contribution is 2.36. The molecule has 5 nitrogen and oxygen atoms in total. The summed E-state index contributed by atoms with van der Waals surface area (Å²) in [5, 5.41) is 7.15. The maximum Gasteiger partial charge on any atom is 0.227 e. The first kappa shape index (κ1) is 16.4. The van der Waals surface area contributed by atoms with Crippen molar-refractivity contribution < 1.29 is 9.59 Å². The molecule has 1 aliphatic carbocycles. The van der Waals surface area contributed by atoms with Crippen molar-refractivity contribution in [3.8, 4) is 0 Å². The molecular formula is C19H23N3O2S. The monoisotopic (exact) mass is 357 g/mol. The molecule has 3 heterocycles. The molecule has 1 saturated heterocycles. The molecule has 2 atom stereocenters. The number of hydrogen-bond donors (Lipinski definition) is 1. The van der Waals surface area contributed by atoms with Gasteiger partial charge in [0.25, 0.3) is 0 Å². The average Bonchev–Trinajstić information content (AvgIpc) is 3.30. The molecule has 2 unspecified atom stereocenters. The van der Waals surface area contributed by atoms with Gasteiger partial charge in [-0.15, -0.1) is 0 Å². The van der Waals surface area contributed by atoms with Gasteiger partial charge >= 0.3 is 0 Å². The Bertz CT molecular complexity index is 720. The van der Waals surface area contributed by atoms with Gasteiger partial charge in [-0.3, -0.25) is 9.59 Å². The molecule has 1 aliphatic heterocycles. The summed E-state index contributed by atoms with van der Waals surface area (Å²) in [6.45, 7) is 1.27. The Morgan fingerprint density at radius 3 is 2.72 bits per heavy atom. The molecule has 2 aromatic rings. The molecule has 132 valence electrons. The van der Waals surface area contributed by atoms with Crippen LogP contribution in [0.15, 0.2) is 41.4 Å². The number of nitrogens with one attached hydrogen (secondary N) is 1. The van der Waals surface area contributed by atoms with Crippen LogP contribution < -0.4 is 5.32 Å². The van der Waals surface area contributed by atoms with Crippen molar-refractivity contribution in [2.75, 3.05) is 13.1 Å². The van der Waals surface area contributed by atoms with Gasteiger partial charge in [-0.05, 0) is 47.4 Å². The van der Waals surface area contributed by atoms with Crippen molar-refractivity contribution in [3.63, 3.8) is 0 Å². The average molecular weight is 357 g/mol. The highest BCUT2D eigenvalue weighted by atomic mass is 32.1. The van der Waals surface area contributed by atoms with E-state index in [4.69, 9.17) is 0 Å². The first-order valence-corrected chi connectivity index (χ1v) is 9.86. The summed E-state index contributed by atoms with van der Waals surface area (Å²) < 4.78 is 2.16. The highest BCUT2D eigenvalue weighted by Gasteiger charge is 2.37. The standard InChI is InChI=1S/C19H23N3O2S/c23-18(10-14-6-9-25-13-14)22-11-15(12-22)20-19(24)16-4-3-5-17(16)21-7-1-2-8-21/h1-2,6-9,13,15-17H,3-5,10-12H2,(H,20,24). The summed E-state index contributed by atoms with van der Waals surface area (Å²) in [6, 6.07) is 6.38. The van der Waals surface area contributed by atoms with Crippen LogP contribution in [0, 0.1) is 5.92 Å². The number of likely N-dealkylation sites (tertiary alicyclic amines) is 1. The number of amides is 2. The number of aromatic nitrogens is 1. The molecule has 25 heavy (non-hydrogen) atoms. The van der Waals surface area contributed by atoms with Crippen LogP contribution in [-0.2, 0) is 16.0 Å². The predicted molar refractivity (Wildman–Crippen MR) is 97.3 cm³/mol. The predicted octanol–water partition coefficient (Wildman–Crippen LogP) is 2.46. The van der Waals surface area contributed by atoms with Crippen LogP contribution in [0.5, 0.6) is 0 Å². The molecule has 0 spiro atoms. The normalized spacial score (nSPS) is 23.4. The van der Waals surface area contributed by atoms with Gasteiger partial charge in [-0.1, -0.05) is 6.42 Å². The van der Waals surface area contributed by atoms with Crippen molar-refractivity contribution in [1.29, 1.82) is 0 Å². The number of carbonyl (C=O) groups is 2. The lowest BCUT2D eigenvalue weighted by Crippen LogP contribution is -2.62. The lowest BCUT2D eigenvalue weighted by Gasteiger charge is -2.40. The van der Waals surface area contributed by atoms with Crippen LogP contribution in [0.1, 0.15) is 30.9 Å². The number of carbonyl (C=O) groups excluding carboxylic acids is 2. The van der Waals surface area contributed by atoms with Gasteiger partial charge in [0.05, 0.1) is 18.4 Å². The molecule has 0 bridgehead atoms. The molecule has 2 aliphatic rings. The van der Waals surface area contributed by atoms with E-state index in [0.717, 1.165) is 24.8 Å². The van der Waals surface area contributed by atoms with Crippen LogP contribution in [0.2, 0.25) is 0 Å². The topological polar surface area (TPSA) is 54.3 Å². The number of thiophene rings is 1. The van der Waals surface area contributed by atoms with E-state index in [0.29, 0.717) is 19.5 Å². The smallest absolute Gasteiger partial charge is 0.227 e. The fourth-order valence-electron chi connectivity index (χ4n) is 3.93. The Labute approximate surface area is 151 Å². The molecule has 6 heteroatoms. The van der Waals surface area contributed by atoms with Gasteiger partial charge in [-0.2, -0.15) is 11.3 Å². The second kappa shape index (κ2) is 7.04. The van der Waals surface area contributed by atoms with Crippen molar-refractivity contribution >= 4 is 23.2 Å². The van der Waals surface area contributed by atoms with Crippen molar-refractivity contribution in [3.05, 3.63) is 46.9 Å². The van der Waals surface area contributed by atoms with Crippen molar-refractivity contribution in [2.45, 2.75) is 37.8 Å². The quantitative estimate of drug-likeness (QED) is 0.894. The number of nitrogens with zero attached hydrogens (tertiary/aromatic N) is 2. The molecule has 0 aromatic carbocycles. The third-order valence-corrected chi connectivity index (χ3v) is 6.07. The largest absolute Gasteiger partial charge is 0.350 e. The van der Waals surface area contributed by atoms with Crippen molar-refractivity contribution in [1.82, 2.24) is 14.8 Å². The molecule has 2 fully saturated rings. The zero-order valence-corrected chi connectivity index (χ0v) is 15.0. The van der Waals surface area contributed by atoms with E-state index in [2.05, 4.69) is 9.88 Å². The minimum Gasteiger partial charge on any atom is -0.350 e. The summed E-state index contributed by atoms with van der Waals surface area (Å²) in [4.78, 5) is 26.7. The van der Waals surface area contributed by atoms with Gasteiger partial charge in [0, 0.05) is 31.5 Å². The van der Waals surface area contributed by atoms with E-state index in [1.165, 1.54) is 0 Å². The summed E-state index contributed by atoms with van der Waals surface area (Å²) in [5.41, 5.74) is 1.07. The minimum absolute atomic E-state index is 0.0444. The first-order chi connectivity index (χ1) is 12.2. The third kappa shape index (κ3) is 3.49. The minimum atomic E-state index is 0.0444. The number of rotatable bonds is 5. The molecule has 2 amide bonds. The molecule has 2 aromatic heterocycles. The second-order valence-electron chi connectivity index (χ2n) is 7.05. The maximum absolute atomic E-state index is 12.7. The summed E-state index contributed by atoms with van der Waals surface area (Å²) >= 11 is 1.61. The van der Waals surface area contributed by atoms with Gasteiger partial charge in [0.2, 0.25) is 11.8 Å². The number of hydrogen-bond acceptors (Lipinski definition) is 3. The summed E-state index contributed by atoms with van der Waals surface area (Å²) in [6.07, 6.45) is 7.65. The Kier molecular flexibility index (Phi) is 4.61. The first-order valence-electron chi connectivity index (χ1n) is 8.92. The second-order valence-corrected chi connectivity index (χ2v) is 7.83. The molecule has 4 rings (SSSR count). The Morgan fingerprint density at radius 2 is 2.00 bits per heavy atom. The van der Waals surface area contributed by atoms with Gasteiger partial charge in [-0.25, -0.2) is 0 Å². The Hall–Kier alpha value is -2.08. The van der Waals surface area contributed by atoms with Crippen molar-refractivity contribution in [2.24, 2.45) is 5.92 Å². The van der Waals surface area contributed by atoms with Gasteiger partial charge < -0.3 is 14.8 Å². The van der Waals surface area contributed by atoms with Crippen LogP contribution in [0.25, 0.3) is 0 Å². The SMILES string of the molecule is O=C(NC1CN(C(=O)Cc2ccsc2)C1)C1CCCC1n1cccc1. The zero-order chi connectivity index (χ0) is 17.2. The van der Waals surface area contributed by atoms with Crippen LogP contribution in [-0.4, -0.2) is 40.4 Å². The van der Waals surface area contributed by atoms with E-state index < -0.39 is 0 Å². The molecule has 1 saturated carbocycles. The van der Waals surface area contributed by atoms with E-state index >= 15 is 0 Å². The molecular weight excluding hydrogens is 334 g/mol. The molecule has 1 N–H and O–H groups in total. The van der Waals surface area contributed by atoms with E-state index in [1.807, 2.05) is 46.3 Å². The maximum atomic E-state index is 12.7. The Morgan fingerprint density at radius 1 is 1.20 bits per heavy atom. The molecule has 0 radical (unpaired) electrons. The fourth-order valence-corrected chi connectivity index (χ4v) is 4.60. The van der Waals surface area contributed by atoms with E-state index in [9.17, 15) is 9.59 Å².